The van der Waals surface area contributed by atoms with Crippen molar-refractivity contribution in [1.29, 1.82) is 0 Å². The predicted molar refractivity (Wildman–Crippen MR) is 43.1 cm³/mol. The first-order chi connectivity index (χ1) is 5.74. The molecule has 0 amide bonds. The third-order valence-electron chi connectivity index (χ3n) is 1.32. The number of carboxylic acid groups (broad SMARTS) is 1. The molecule has 0 aliphatic heterocycles. The molecule has 0 aliphatic rings. The standard InChI is InChI=1S/C8H9NO3/c1-9-12-7-4-2-6(3-5-7)8(10)11/h2-5,9H,1H3,(H,10,11). The molecule has 0 aliphatic carbocycles. The molecule has 0 spiro atoms. The number of nitrogens with one attached hydrogen (secondary N) is 1. The predicted octanol–water partition coefficient (Wildman–Crippen LogP) is 0.898. The first kappa shape index (κ1) is 8.55. The van der Waals surface area contributed by atoms with Crippen LogP contribution in [0.4, 0.5) is 0 Å². The van der Waals surface area contributed by atoms with Crippen molar-refractivity contribution in [3.63, 3.8) is 0 Å². The van der Waals surface area contributed by atoms with E-state index in [-0.39, 0.29) is 5.56 Å². The molecule has 2 N–H and O–H groups in total. The number of carbonyl (C=O) groups is 1. The van der Waals surface area contributed by atoms with Gasteiger partial charge >= 0.3 is 5.97 Å². The van der Waals surface area contributed by atoms with Crippen LogP contribution >= 0.6 is 0 Å². The molecule has 0 unspecified atom stereocenters. The van der Waals surface area contributed by atoms with Gasteiger partial charge in [-0.05, 0) is 24.3 Å². The zero-order valence-electron chi connectivity index (χ0n) is 6.57. The van der Waals surface area contributed by atoms with Gasteiger partial charge in [0.1, 0.15) is 5.75 Å². The maximum absolute atomic E-state index is 10.4. The normalized spacial score (nSPS) is 9.42. The van der Waals surface area contributed by atoms with Gasteiger partial charge in [0.05, 0.1) is 5.56 Å². The summed E-state index contributed by atoms with van der Waals surface area (Å²) in [5.74, 6) is -0.353. The van der Waals surface area contributed by atoms with Gasteiger partial charge in [-0.25, -0.2) is 4.79 Å². The molecule has 0 aromatic heterocycles. The molecular formula is C8H9NO3. The second-order valence-electron chi connectivity index (χ2n) is 2.14. The number of aromatic carboxylic acids is 1. The van der Waals surface area contributed by atoms with Crippen LogP contribution in [0.25, 0.3) is 0 Å². The molecule has 1 rings (SSSR count). The van der Waals surface area contributed by atoms with Gasteiger partial charge in [0.2, 0.25) is 0 Å². The van der Waals surface area contributed by atoms with Crippen molar-refractivity contribution in [3.8, 4) is 5.75 Å². The third-order valence-corrected chi connectivity index (χ3v) is 1.32. The lowest BCUT2D eigenvalue weighted by molar-refractivity contribution is 0.0697. The van der Waals surface area contributed by atoms with E-state index in [9.17, 15) is 4.79 Å². The number of hydrogen-bond acceptors (Lipinski definition) is 3. The maximum Gasteiger partial charge on any atom is 0.335 e. The lowest BCUT2D eigenvalue weighted by atomic mass is 10.2. The monoisotopic (exact) mass is 167 g/mol. The second-order valence-corrected chi connectivity index (χ2v) is 2.14. The Kier molecular flexibility index (Phi) is 2.66. The van der Waals surface area contributed by atoms with Crippen molar-refractivity contribution >= 4 is 5.97 Å². The van der Waals surface area contributed by atoms with Crippen LogP contribution in [-0.2, 0) is 0 Å². The lowest BCUT2D eigenvalue weighted by Crippen LogP contribution is -2.10. The van der Waals surface area contributed by atoms with E-state index in [0.717, 1.165) is 0 Å². The Balaban J connectivity index is 2.78. The van der Waals surface area contributed by atoms with Crippen LogP contribution < -0.4 is 10.3 Å². The first-order valence-electron chi connectivity index (χ1n) is 3.41. The number of rotatable bonds is 3. The summed E-state index contributed by atoms with van der Waals surface area (Å²) in [6.45, 7) is 0. The topological polar surface area (TPSA) is 58.6 Å². The first-order valence-corrected chi connectivity index (χ1v) is 3.41. The Bertz CT molecular complexity index is 268. The molecule has 0 saturated heterocycles. The number of carboxylic acids is 1. The summed E-state index contributed by atoms with van der Waals surface area (Å²) < 4.78 is 0. The molecule has 0 radical (unpaired) electrons. The fourth-order valence-corrected chi connectivity index (χ4v) is 0.783. The van der Waals surface area contributed by atoms with Crippen molar-refractivity contribution in [3.05, 3.63) is 29.8 Å². The van der Waals surface area contributed by atoms with Crippen LogP contribution in [0, 0.1) is 0 Å². The Morgan fingerprint density at radius 2 is 2.00 bits per heavy atom. The van der Waals surface area contributed by atoms with Gasteiger partial charge in [0, 0.05) is 7.05 Å². The third kappa shape index (κ3) is 1.96. The molecule has 4 nitrogen and oxygen atoms in total. The van der Waals surface area contributed by atoms with E-state index in [2.05, 4.69) is 5.48 Å². The highest BCUT2D eigenvalue weighted by Gasteiger charge is 2.01. The van der Waals surface area contributed by atoms with E-state index in [1.165, 1.54) is 12.1 Å². The average molecular weight is 167 g/mol. The van der Waals surface area contributed by atoms with Crippen LogP contribution in [-0.4, -0.2) is 18.1 Å². The van der Waals surface area contributed by atoms with E-state index in [4.69, 9.17) is 9.94 Å². The highest BCUT2D eigenvalue weighted by molar-refractivity contribution is 5.87. The Morgan fingerprint density at radius 3 is 2.42 bits per heavy atom. The van der Waals surface area contributed by atoms with Crippen LogP contribution in [0.1, 0.15) is 10.4 Å². The largest absolute Gasteiger partial charge is 0.478 e. The SMILES string of the molecule is CNOc1ccc(C(=O)O)cc1. The fourth-order valence-electron chi connectivity index (χ4n) is 0.783. The van der Waals surface area contributed by atoms with Gasteiger partial charge in [-0.3, -0.25) is 0 Å². The smallest absolute Gasteiger partial charge is 0.335 e. The van der Waals surface area contributed by atoms with Gasteiger partial charge in [-0.15, -0.1) is 0 Å². The number of hydrogen-bond donors (Lipinski definition) is 2. The van der Waals surface area contributed by atoms with Crippen LogP contribution in [0.3, 0.4) is 0 Å². The van der Waals surface area contributed by atoms with Gasteiger partial charge in [0.25, 0.3) is 0 Å². The number of benzene rings is 1. The van der Waals surface area contributed by atoms with Crippen molar-refractivity contribution in [2.24, 2.45) is 0 Å². The van der Waals surface area contributed by atoms with Crippen LogP contribution in [0.2, 0.25) is 0 Å². The highest BCUT2D eigenvalue weighted by Crippen LogP contribution is 2.10. The van der Waals surface area contributed by atoms with Crippen molar-refractivity contribution < 1.29 is 14.7 Å². The second kappa shape index (κ2) is 3.73. The van der Waals surface area contributed by atoms with E-state index in [0.29, 0.717) is 5.75 Å². The van der Waals surface area contributed by atoms with Crippen molar-refractivity contribution in [2.45, 2.75) is 0 Å². The molecule has 64 valence electrons. The average Bonchev–Trinajstić information content (AvgIpc) is 2.06. The molecule has 0 fully saturated rings. The summed E-state index contributed by atoms with van der Waals surface area (Å²) in [5, 5.41) is 8.55. The summed E-state index contributed by atoms with van der Waals surface area (Å²) >= 11 is 0. The molecule has 1 aromatic carbocycles. The molecular weight excluding hydrogens is 158 g/mol. The van der Waals surface area contributed by atoms with E-state index in [1.54, 1.807) is 19.2 Å². The fraction of sp³-hybridized carbons (Fsp3) is 0.125. The minimum atomic E-state index is -0.939. The molecule has 12 heavy (non-hydrogen) atoms. The summed E-state index contributed by atoms with van der Waals surface area (Å²) in [6.07, 6.45) is 0. The molecule has 4 heteroatoms. The quantitative estimate of drug-likeness (QED) is 0.656. The van der Waals surface area contributed by atoms with Gasteiger partial charge < -0.3 is 9.94 Å². The zero-order chi connectivity index (χ0) is 8.97. The molecule has 0 saturated carbocycles. The van der Waals surface area contributed by atoms with Crippen molar-refractivity contribution in [1.82, 2.24) is 5.48 Å². The van der Waals surface area contributed by atoms with Gasteiger partial charge in [-0.2, -0.15) is 5.48 Å². The Hall–Kier alpha value is -1.55. The van der Waals surface area contributed by atoms with Gasteiger partial charge in [0.15, 0.2) is 0 Å². The van der Waals surface area contributed by atoms with Gasteiger partial charge in [-0.1, -0.05) is 0 Å². The van der Waals surface area contributed by atoms with Crippen LogP contribution in [0.5, 0.6) is 5.75 Å². The summed E-state index contributed by atoms with van der Waals surface area (Å²) in [5.41, 5.74) is 2.73. The highest BCUT2D eigenvalue weighted by atomic mass is 16.6. The summed E-state index contributed by atoms with van der Waals surface area (Å²) in [7, 11) is 1.63. The summed E-state index contributed by atoms with van der Waals surface area (Å²) in [6, 6.07) is 6.13. The zero-order valence-corrected chi connectivity index (χ0v) is 6.57. The maximum atomic E-state index is 10.4. The van der Waals surface area contributed by atoms with E-state index >= 15 is 0 Å². The molecule has 0 atom stereocenters. The number of hydroxylamine groups is 1. The summed E-state index contributed by atoms with van der Waals surface area (Å²) in [4.78, 5) is 15.3. The lowest BCUT2D eigenvalue weighted by Gasteiger charge is -2.01. The Labute approximate surface area is 69.7 Å². The molecule has 1 aromatic rings. The van der Waals surface area contributed by atoms with E-state index < -0.39 is 5.97 Å². The minimum absolute atomic E-state index is 0.249. The van der Waals surface area contributed by atoms with Crippen molar-refractivity contribution in [2.75, 3.05) is 7.05 Å². The van der Waals surface area contributed by atoms with E-state index in [1.807, 2.05) is 0 Å². The molecule has 0 heterocycles. The Morgan fingerprint density at radius 1 is 1.42 bits per heavy atom. The van der Waals surface area contributed by atoms with Crippen LogP contribution in [0.15, 0.2) is 24.3 Å². The minimum Gasteiger partial charge on any atom is -0.478 e. The molecule has 0 bridgehead atoms.